The average molecular weight is 317 g/mol. The highest BCUT2D eigenvalue weighted by atomic mass is 16.6. The third-order valence-electron chi connectivity index (χ3n) is 5.35. The summed E-state index contributed by atoms with van der Waals surface area (Å²) in [6, 6.07) is 4.81. The van der Waals surface area contributed by atoms with Crippen LogP contribution in [0.2, 0.25) is 0 Å². The minimum Gasteiger partial charge on any atom is -0.349 e. The van der Waals surface area contributed by atoms with Crippen LogP contribution in [0.4, 0.5) is 5.69 Å². The van der Waals surface area contributed by atoms with Crippen molar-refractivity contribution in [3.63, 3.8) is 0 Å². The van der Waals surface area contributed by atoms with Gasteiger partial charge in [-0.3, -0.25) is 14.9 Å². The summed E-state index contributed by atoms with van der Waals surface area (Å²) in [6.45, 7) is 1.80. The van der Waals surface area contributed by atoms with E-state index in [4.69, 9.17) is 5.73 Å². The molecule has 3 rings (SSSR count). The number of hydrogen-bond acceptors (Lipinski definition) is 4. The van der Waals surface area contributed by atoms with Gasteiger partial charge in [-0.15, -0.1) is 0 Å². The van der Waals surface area contributed by atoms with E-state index in [2.05, 4.69) is 5.32 Å². The summed E-state index contributed by atoms with van der Waals surface area (Å²) >= 11 is 0. The lowest BCUT2D eigenvalue weighted by atomic mass is 9.67. The zero-order chi connectivity index (χ0) is 16.6. The lowest BCUT2D eigenvalue weighted by molar-refractivity contribution is -0.384. The summed E-state index contributed by atoms with van der Waals surface area (Å²) in [5.74, 6) is 0.657. The highest BCUT2D eigenvalue weighted by molar-refractivity contribution is 5.96. The standard InChI is InChI=1S/C17H23N3O3/c1-10-5-6-14(20(22)23)9-15(10)17(21)19-16-11-3-2-4-12(16)8-13(18)7-11/h5-6,9,11-13,16H,2-4,7-8,18H2,1H3,(H,19,21). The highest BCUT2D eigenvalue weighted by Crippen LogP contribution is 2.39. The second-order valence-electron chi connectivity index (χ2n) is 6.94. The Morgan fingerprint density at radius 3 is 2.57 bits per heavy atom. The monoisotopic (exact) mass is 317 g/mol. The van der Waals surface area contributed by atoms with Crippen molar-refractivity contribution in [3.8, 4) is 0 Å². The van der Waals surface area contributed by atoms with Crippen LogP contribution in [-0.2, 0) is 0 Å². The first-order valence-corrected chi connectivity index (χ1v) is 8.27. The molecule has 0 aromatic heterocycles. The van der Waals surface area contributed by atoms with E-state index in [-0.39, 0.29) is 23.7 Å². The number of fused-ring (bicyclic) bond motifs is 2. The Kier molecular flexibility index (Phi) is 4.35. The van der Waals surface area contributed by atoms with Crippen molar-refractivity contribution in [3.05, 3.63) is 39.4 Å². The van der Waals surface area contributed by atoms with Crippen molar-refractivity contribution < 1.29 is 9.72 Å². The van der Waals surface area contributed by atoms with Gasteiger partial charge >= 0.3 is 0 Å². The maximum atomic E-state index is 12.7. The Bertz CT molecular complexity index is 618. The molecule has 2 aliphatic carbocycles. The Morgan fingerprint density at radius 1 is 1.30 bits per heavy atom. The molecule has 1 aromatic rings. The van der Waals surface area contributed by atoms with Crippen LogP contribution in [-0.4, -0.2) is 22.9 Å². The van der Waals surface area contributed by atoms with Crippen molar-refractivity contribution in [1.29, 1.82) is 0 Å². The number of rotatable bonds is 3. The van der Waals surface area contributed by atoms with Gasteiger partial charge in [-0.05, 0) is 50.0 Å². The van der Waals surface area contributed by atoms with Gasteiger partial charge in [0.05, 0.1) is 4.92 Å². The maximum Gasteiger partial charge on any atom is 0.270 e. The molecular weight excluding hydrogens is 294 g/mol. The number of non-ortho nitro benzene ring substituents is 1. The molecule has 0 aliphatic heterocycles. The molecule has 0 heterocycles. The first-order chi connectivity index (χ1) is 11.0. The van der Waals surface area contributed by atoms with Crippen LogP contribution in [0.15, 0.2) is 18.2 Å². The molecule has 2 unspecified atom stereocenters. The maximum absolute atomic E-state index is 12.7. The number of carbonyl (C=O) groups excluding carboxylic acids is 1. The summed E-state index contributed by atoms with van der Waals surface area (Å²) in [6.07, 6.45) is 5.31. The number of nitrogens with two attached hydrogens (primary N) is 1. The van der Waals surface area contributed by atoms with Crippen molar-refractivity contribution in [2.24, 2.45) is 17.6 Å². The Labute approximate surface area is 135 Å². The summed E-state index contributed by atoms with van der Waals surface area (Å²) in [4.78, 5) is 23.1. The molecule has 0 radical (unpaired) electrons. The van der Waals surface area contributed by atoms with Crippen LogP contribution in [0.1, 0.15) is 48.0 Å². The van der Waals surface area contributed by atoms with Gasteiger partial charge in [-0.25, -0.2) is 0 Å². The SMILES string of the molecule is Cc1ccc([N+](=O)[O-])cc1C(=O)NC1C2CCCC1CC(N)C2. The van der Waals surface area contributed by atoms with Gasteiger partial charge in [0, 0.05) is 29.8 Å². The van der Waals surface area contributed by atoms with Crippen LogP contribution in [0, 0.1) is 28.9 Å². The molecular formula is C17H23N3O3. The van der Waals surface area contributed by atoms with E-state index in [1.807, 2.05) is 0 Å². The number of hydrogen-bond donors (Lipinski definition) is 2. The van der Waals surface area contributed by atoms with Gasteiger partial charge in [0.1, 0.15) is 0 Å². The molecule has 2 bridgehead atoms. The smallest absolute Gasteiger partial charge is 0.270 e. The van der Waals surface area contributed by atoms with E-state index in [1.165, 1.54) is 18.6 Å². The molecule has 0 spiro atoms. The third kappa shape index (κ3) is 3.22. The van der Waals surface area contributed by atoms with Gasteiger partial charge in [0.25, 0.3) is 11.6 Å². The van der Waals surface area contributed by atoms with E-state index in [1.54, 1.807) is 13.0 Å². The van der Waals surface area contributed by atoms with Crippen LogP contribution in [0.25, 0.3) is 0 Å². The number of nitrogens with one attached hydrogen (secondary N) is 1. The first-order valence-electron chi connectivity index (χ1n) is 8.27. The Morgan fingerprint density at radius 2 is 1.96 bits per heavy atom. The molecule has 1 aromatic carbocycles. The molecule has 124 valence electrons. The van der Waals surface area contributed by atoms with E-state index in [0.29, 0.717) is 17.4 Å². The largest absolute Gasteiger partial charge is 0.349 e. The van der Waals surface area contributed by atoms with Gasteiger partial charge in [-0.1, -0.05) is 12.5 Å². The minimum absolute atomic E-state index is 0.0494. The second kappa shape index (κ2) is 6.28. The van der Waals surface area contributed by atoms with Crippen molar-refractivity contribution in [2.45, 2.75) is 51.1 Å². The molecule has 1 amide bonds. The topological polar surface area (TPSA) is 98.3 Å². The van der Waals surface area contributed by atoms with Crippen LogP contribution in [0.5, 0.6) is 0 Å². The Balaban J connectivity index is 1.79. The van der Waals surface area contributed by atoms with Crippen LogP contribution < -0.4 is 11.1 Å². The molecule has 6 heteroatoms. The van der Waals surface area contributed by atoms with E-state index in [9.17, 15) is 14.9 Å². The van der Waals surface area contributed by atoms with Crippen molar-refractivity contribution in [1.82, 2.24) is 5.32 Å². The van der Waals surface area contributed by atoms with E-state index < -0.39 is 4.92 Å². The van der Waals surface area contributed by atoms with Crippen LogP contribution in [0.3, 0.4) is 0 Å². The number of amides is 1. The fraction of sp³-hybridized carbons (Fsp3) is 0.588. The van der Waals surface area contributed by atoms with E-state index >= 15 is 0 Å². The highest BCUT2D eigenvalue weighted by Gasteiger charge is 2.40. The van der Waals surface area contributed by atoms with Crippen molar-refractivity contribution >= 4 is 11.6 Å². The Hall–Kier alpha value is -1.95. The molecule has 3 N–H and O–H groups in total. The lowest BCUT2D eigenvalue weighted by Gasteiger charge is -2.45. The molecule has 2 aliphatic rings. The number of carbonyl (C=O) groups is 1. The normalized spacial score (nSPS) is 29.8. The third-order valence-corrected chi connectivity index (χ3v) is 5.35. The number of nitrogens with zero attached hydrogens (tertiary/aromatic N) is 1. The van der Waals surface area contributed by atoms with Gasteiger partial charge in [0.2, 0.25) is 0 Å². The van der Waals surface area contributed by atoms with Gasteiger partial charge < -0.3 is 11.1 Å². The van der Waals surface area contributed by atoms with Crippen molar-refractivity contribution in [2.75, 3.05) is 0 Å². The molecule has 2 atom stereocenters. The fourth-order valence-corrected chi connectivity index (χ4v) is 4.22. The average Bonchev–Trinajstić information content (AvgIpc) is 2.48. The fourth-order valence-electron chi connectivity index (χ4n) is 4.22. The van der Waals surface area contributed by atoms with Gasteiger partial charge in [0.15, 0.2) is 0 Å². The zero-order valence-electron chi connectivity index (χ0n) is 13.3. The summed E-state index contributed by atoms with van der Waals surface area (Å²) < 4.78 is 0. The number of benzene rings is 1. The summed E-state index contributed by atoms with van der Waals surface area (Å²) in [5.41, 5.74) is 7.22. The second-order valence-corrected chi connectivity index (χ2v) is 6.94. The van der Waals surface area contributed by atoms with Gasteiger partial charge in [-0.2, -0.15) is 0 Å². The van der Waals surface area contributed by atoms with E-state index in [0.717, 1.165) is 31.2 Å². The molecule has 6 nitrogen and oxygen atoms in total. The molecule has 2 saturated carbocycles. The predicted octanol–water partition coefficient (Wildman–Crippen LogP) is 2.54. The number of nitro groups is 1. The summed E-state index contributed by atoms with van der Waals surface area (Å²) in [7, 11) is 0. The van der Waals surface area contributed by atoms with Crippen LogP contribution >= 0.6 is 0 Å². The molecule has 23 heavy (non-hydrogen) atoms. The predicted molar refractivity (Wildman–Crippen MR) is 87.1 cm³/mol. The quantitative estimate of drug-likeness (QED) is 0.661. The molecule has 2 fully saturated rings. The number of aryl methyl sites for hydroxylation is 1. The lowest BCUT2D eigenvalue weighted by Crippen LogP contribution is -2.53. The number of nitro benzene ring substituents is 1. The minimum atomic E-state index is -0.468. The summed E-state index contributed by atoms with van der Waals surface area (Å²) in [5, 5.41) is 14.1. The molecule has 0 saturated heterocycles. The zero-order valence-corrected chi connectivity index (χ0v) is 13.3. The first kappa shape index (κ1) is 15.9.